The van der Waals surface area contributed by atoms with Crippen LogP contribution in [0.5, 0.6) is 0 Å². The summed E-state index contributed by atoms with van der Waals surface area (Å²) in [5, 5.41) is 6.01. The molecule has 0 fully saturated rings. The highest BCUT2D eigenvalue weighted by atomic mass is 35.5. The van der Waals surface area contributed by atoms with Gasteiger partial charge in [-0.05, 0) is 17.7 Å². The largest absolute Gasteiger partial charge is 0.326 e. The third-order valence-corrected chi connectivity index (χ3v) is 2.36. The Morgan fingerprint density at radius 2 is 2.31 bits per heavy atom. The summed E-state index contributed by atoms with van der Waals surface area (Å²) >= 11 is 5.98. The topological polar surface area (TPSA) is 43.8 Å². The molecule has 1 aromatic heterocycles. The lowest BCUT2D eigenvalue weighted by molar-refractivity contribution is 0.780. The molecule has 0 saturated carbocycles. The average Bonchev–Trinajstić information content (AvgIpc) is 2.42. The second kappa shape index (κ2) is 3.01. The number of rotatable bonds is 1. The first-order chi connectivity index (χ1) is 6.20. The lowest BCUT2D eigenvalue weighted by Crippen LogP contribution is -1.96. The number of hydrogen-bond donors (Lipinski definition) is 1. The van der Waals surface area contributed by atoms with Gasteiger partial charge in [0.1, 0.15) is 0 Å². The Morgan fingerprint density at radius 1 is 1.54 bits per heavy atom. The minimum Gasteiger partial charge on any atom is -0.326 e. The normalized spacial score (nSPS) is 11.0. The Balaban J connectivity index is 2.72. The SMILES string of the molecule is Cn1cc2cc(CN)c(Cl)cc2n1. The number of halogens is 1. The number of fused-ring (bicyclic) bond motifs is 1. The minimum atomic E-state index is 0.462. The molecule has 0 unspecified atom stereocenters. The standard InChI is InChI=1S/C9H10ClN3/c1-13-5-7-2-6(4-11)8(10)3-9(7)12-13/h2-3,5H,4,11H2,1H3. The van der Waals surface area contributed by atoms with E-state index in [0.717, 1.165) is 16.5 Å². The van der Waals surface area contributed by atoms with Gasteiger partial charge in [0.05, 0.1) is 5.52 Å². The summed E-state index contributed by atoms with van der Waals surface area (Å²) in [5.74, 6) is 0. The molecular weight excluding hydrogens is 186 g/mol. The number of hydrogen-bond acceptors (Lipinski definition) is 2. The third kappa shape index (κ3) is 1.41. The van der Waals surface area contributed by atoms with E-state index >= 15 is 0 Å². The van der Waals surface area contributed by atoms with Crippen LogP contribution >= 0.6 is 11.6 Å². The highest BCUT2D eigenvalue weighted by Crippen LogP contribution is 2.22. The molecule has 3 nitrogen and oxygen atoms in total. The molecule has 13 heavy (non-hydrogen) atoms. The van der Waals surface area contributed by atoms with Crippen LogP contribution in [0.1, 0.15) is 5.56 Å². The summed E-state index contributed by atoms with van der Waals surface area (Å²) in [7, 11) is 1.88. The maximum atomic E-state index is 5.98. The lowest BCUT2D eigenvalue weighted by Gasteiger charge is -1.99. The van der Waals surface area contributed by atoms with Crippen molar-refractivity contribution in [2.24, 2.45) is 12.8 Å². The third-order valence-electron chi connectivity index (χ3n) is 2.01. The van der Waals surface area contributed by atoms with Crippen molar-refractivity contribution in [1.29, 1.82) is 0 Å². The van der Waals surface area contributed by atoms with Gasteiger partial charge in [0.15, 0.2) is 0 Å². The van der Waals surface area contributed by atoms with Crippen molar-refractivity contribution in [2.45, 2.75) is 6.54 Å². The first-order valence-corrected chi connectivity index (χ1v) is 4.40. The van der Waals surface area contributed by atoms with Crippen LogP contribution in [-0.2, 0) is 13.6 Å². The molecular formula is C9H10ClN3. The van der Waals surface area contributed by atoms with Crippen LogP contribution in [0.3, 0.4) is 0 Å². The molecule has 4 heteroatoms. The van der Waals surface area contributed by atoms with Gasteiger partial charge in [0.2, 0.25) is 0 Å². The van der Waals surface area contributed by atoms with Gasteiger partial charge in [-0.15, -0.1) is 0 Å². The van der Waals surface area contributed by atoms with Gasteiger partial charge >= 0.3 is 0 Å². The van der Waals surface area contributed by atoms with Crippen molar-refractivity contribution in [2.75, 3.05) is 0 Å². The van der Waals surface area contributed by atoms with Crippen molar-refractivity contribution in [3.8, 4) is 0 Å². The van der Waals surface area contributed by atoms with E-state index in [1.165, 1.54) is 0 Å². The molecule has 2 N–H and O–H groups in total. The van der Waals surface area contributed by atoms with Crippen molar-refractivity contribution >= 4 is 22.5 Å². The van der Waals surface area contributed by atoms with E-state index in [-0.39, 0.29) is 0 Å². The number of aromatic nitrogens is 2. The molecule has 0 aliphatic rings. The van der Waals surface area contributed by atoms with Crippen LogP contribution in [0.2, 0.25) is 5.02 Å². The average molecular weight is 196 g/mol. The fraction of sp³-hybridized carbons (Fsp3) is 0.222. The zero-order valence-corrected chi connectivity index (χ0v) is 8.04. The van der Waals surface area contributed by atoms with E-state index in [9.17, 15) is 0 Å². The van der Waals surface area contributed by atoms with Gasteiger partial charge in [-0.2, -0.15) is 5.10 Å². The first-order valence-electron chi connectivity index (χ1n) is 4.02. The molecule has 68 valence electrons. The number of nitrogens with two attached hydrogens (primary N) is 1. The van der Waals surface area contributed by atoms with E-state index in [1.807, 2.05) is 25.4 Å². The molecule has 2 aromatic rings. The molecule has 0 bridgehead atoms. The summed E-state index contributed by atoms with van der Waals surface area (Å²) in [6.07, 6.45) is 1.95. The molecule has 0 aliphatic heterocycles. The molecule has 0 aliphatic carbocycles. The van der Waals surface area contributed by atoms with Crippen LogP contribution in [0.25, 0.3) is 10.9 Å². The highest BCUT2D eigenvalue weighted by molar-refractivity contribution is 6.32. The van der Waals surface area contributed by atoms with Crippen LogP contribution in [-0.4, -0.2) is 9.78 Å². The smallest absolute Gasteiger partial charge is 0.0938 e. The Hall–Kier alpha value is -1.06. The van der Waals surface area contributed by atoms with E-state index < -0.39 is 0 Å². The fourth-order valence-electron chi connectivity index (χ4n) is 1.37. The predicted molar refractivity (Wildman–Crippen MR) is 53.6 cm³/mol. The Morgan fingerprint density at radius 3 is 3.00 bits per heavy atom. The Kier molecular flexibility index (Phi) is 1.98. The van der Waals surface area contributed by atoms with Crippen molar-refractivity contribution in [3.05, 3.63) is 28.9 Å². The molecule has 2 rings (SSSR count). The van der Waals surface area contributed by atoms with Crippen molar-refractivity contribution < 1.29 is 0 Å². The Labute approximate surface area is 81.1 Å². The molecule has 0 atom stereocenters. The van der Waals surface area contributed by atoms with Crippen LogP contribution < -0.4 is 5.73 Å². The molecule has 0 amide bonds. The highest BCUT2D eigenvalue weighted by Gasteiger charge is 2.03. The van der Waals surface area contributed by atoms with E-state index in [0.29, 0.717) is 11.6 Å². The Bertz CT molecular complexity index is 447. The molecule has 1 heterocycles. The first kappa shape index (κ1) is 8.53. The van der Waals surface area contributed by atoms with Gasteiger partial charge in [-0.1, -0.05) is 11.6 Å². The van der Waals surface area contributed by atoms with E-state index in [4.69, 9.17) is 17.3 Å². The maximum absolute atomic E-state index is 5.98. The van der Waals surface area contributed by atoms with Gasteiger partial charge in [-0.3, -0.25) is 4.68 Å². The quantitative estimate of drug-likeness (QED) is 0.753. The summed E-state index contributed by atoms with van der Waals surface area (Å²) in [4.78, 5) is 0. The van der Waals surface area contributed by atoms with Gasteiger partial charge in [0, 0.05) is 30.2 Å². The zero-order chi connectivity index (χ0) is 9.42. The number of benzene rings is 1. The molecule has 0 saturated heterocycles. The van der Waals surface area contributed by atoms with Crippen molar-refractivity contribution in [3.63, 3.8) is 0 Å². The fourth-order valence-corrected chi connectivity index (χ4v) is 1.61. The van der Waals surface area contributed by atoms with Crippen LogP contribution in [0.15, 0.2) is 18.3 Å². The summed E-state index contributed by atoms with van der Waals surface area (Å²) < 4.78 is 1.77. The second-order valence-corrected chi connectivity index (χ2v) is 3.42. The minimum absolute atomic E-state index is 0.462. The summed E-state index contributed by atoms with van der Waals surface area (Å²) in [6.45, 7) is 0.462. The number of nitrogens with zero attached hydrogens (tertiary/aromatic N) is 2. The van der Waals surface area contributed by atoms with Gasteiger partial charge in [-0.25, -0.2) is 0 Å². The van der Waals surface area contributed by atoms with Crippen molar-refractivity contribution in [1.82, 2.24) is 9.78 Å². The monoisotopic (exact) mass is 195 g/mol. The zero-order valence-electron chi connectivity index (χ0n) is 7.29. The van der Waals surface area contributed by atoms with Crippen LogP contribution in [0, 0.1) is 0 Å². The number of aryl methyl sites for hydroxylation is 1. The molecule has 0 radical (unpaired) electrons. The lowest BCUT2D eigenvalue weighted by atomic mass is 10.1. The second-order valence-electron chi connectivity index (χ2n) is 3.01. The maximum Gasteiger partial charge on any atom is 0.0938 e. The summed E-state index contributed by atoms with van der Waals surface area (Å²) in [6, 6.07) is 3.82. The predicted octanol–water partition coefficient (Wildman–Crippen LogP) is 1.69. The molecule has 0 spiro atoms. The van der Waals surface area contributed by atoms with E-state index in [2.05, 4.69) is 5.10 Å². The van der Waals surface area contributed by atoms with E-state index in [1.54, 1.807) is 4.68 Å². The van der Waals surface area contributed by atoms with Gasteiger partial charge < -0.3 is 5.73 Å². The van der Waals surface area contributed by atoms with Crippen LogP contribution in [0.4, 0.5) is 0 Å². The van der Waals surface area contributed by atoms with Gasteiger partial charge in [0.25, 0.3) is 0 Å². The summed E-state index contributed by atoms with van der Waals surface area (Å²) in [5.41, 5.74) is 7.40. The molecule has 1 aromatic carbocycles.